The highest BCUT2D eigenvalue weighted by Crippen LogP contribution is 2.53. The van der Waals surface area contributed by atoms with Crippen LogP contribution in [0.5, 0.6) is 0 Å². The van der Waals surface area contributed by atoms with E-state index in [1.807, 2.05) is 0 Å². The van der Waals surface area contributed by atoms with Crippen LogP contribution in [0.2, 0.25) is 0 Å². The van der Waals surface area contributed by atoms with Gasteiger partial charge in [-0.25, -0.2) is 0 Å². The van der Waals surface area contributed by atoms with Crippen LogP contribution in [0.4, 0.5) is 26.3 Å². The largest absolute Gasteiger partial charge is 0.468 e. The second-order valence-electron chi connectivity index (χ2n) is 4.41. The zero-order chi connectivity index (χ0) is 17.0. The number of alkyl halides is 6. The van der Waals surface area contributed by atoms with Crippen molar-refractivity contribution in [3.63, 3.8) is 0 Å². The molecule has 0 N–H and O–H groups in total. The minimum Gasteiger partial charge on any atom is -0.468 e. The van der Waals surface area contributed by atoms with Gasteiger partial charge in [-0.05, 0) is 12.0 Å². The molecule has 0 unspecified atom stereocenters. The second kappa shape index (κ2) is 6.41. The van der Waals surface area contributed by atoms with Gasteiger partial charge < -0.3 is 4.74 Å². The Labute approximate surface area is 122 Å². The van der Waals surface area contributed by atoms with Crippen LogP contribution in [0.3, 0.4) is 0 Å². The molecule has 22 heavy (non-hydrogen) atoms. The van der Waals surface area contributed by atoms with Crippen molar-refractivity contribution in [3.05, 3.63) is 42.0 Å². The van der Waals surface area contributed by atoms with Gasteiger partial charge in [-0.1, -0.05) is 42.5 Å². The molecule has 0 aromatic heterocycles. The predicted molar refractivity (Wildman–Crippen MR) is 66.7 cm³/mol. The molecule has 0 aliphatic carbocycles. The van der Waals surface area contributed by atoms with Crippen molar-refractivity contribution < 1.29 is 35.9 Å². The van der Waals surface area contributed by atoms with Gasteiger partial charge in [0.05, 0.1) is 7.11 Å². The van der Waals surface area contributed by atoms with Crippen molar-refractivity contribution >= 4 is 12.0 Å². The lowest BCUT2D eigenvalue weighted by atomic mass is 9.82. The molecule has 0 atom stereocenters. The van der Waals surface area contributed by atoms with E-state index in [1.165, 1.54) is 12.1 Å². The standard InChI is InChI=1S/C14H12F6O2/c1-22-11(21)12(13(15,16)17,14(18,19)20)9-5-8-10-6-3-2-4-7-10/h2-8H,9H2,1H3/b8-5+. The molecule has 0 radical (unpaired) electrons. The summed E-state index contributed by atoms with van der Waals surface area (Å²) in [6.07, 6.45) is -11.5. The molecule has 0 aliphatic heterocycles. The van der Waals surface area contributed by atoms with Crippen molar-refractivity contribution in [1.82, 2.24) is 0 Å². The molecule has 0 saturated carbocycles. The van der Waals surface area contributed by atoms with Gasteiger partial charge in [0.15, 0.2) is 0 Å². The molecular weight excluding hydrogens is 314 g/mol. The summed E-state index contributed by atoms with van der Waals surface area (Å²) in [5, 5.41) is 0. The average molecular weight is 326 g/mol. The lowest BCUT2D eigenvalue weighted by Gasteiger charge is -2.33. The molecule has 1 aromatic carbocycles. The van der Waals surface area contributed by atoms with Crippen LogP contribution in [0.1, 0.15) is 12.0 Å². The third-order valence-electron chi connectivity index (χ3n) is 3.04. The van der Waals surface area contributed by atoms with Crippen molar-refractivity contribution in [2.75, 3.05) is 7.11 Å². The van der Waals surface area contributed by atoms with Gasteiger partial charge in [-0.2, -0.15) is 26.3 Å². The van der Waals surface area contributed by atoms with E-state index >= 15 is 0 Å². The third-order valence-corrected chi connectivity index (χ3v) is 3.04. The highest BCUT2D eigenvalue weighted by molar-refractivity contribution is 5.79. The van der Waals surface area contributed by atoms with Crippen molar-refractivity contribution in [1.29, 1.82) is 0 Å². The first-order chi connectivity index (χ1) is 10.1. The SMILES string of the molecule is COC(=O)C(C/C=C/c1ccccc1)(C(F)(F)F)C(F)(F)F. The predicted octanol–water partition coefficient (Wildman–Crippen LogP) is 4.37. The zero-order valence-corrected chi connectivity index (χ0v) is 11.3. The van der Waals surface area contributed by atoms with E-state index in [9.17, 15) is 31.1 Å². The van der Waals surface area contributed by atoms with Crippen molar-refractivity contribution in [2.45, 2.75) is 18.8 Å². The van der Waals surface area contributed by atoms with E-state index in [-0.39, 0.29) is 0 Å². The number of rotatable bonds is 4. The molecule has 0 bridgehead atoms. The molecule has 1 aromatic rings. The Kier molecular flexibility index (Phi) is 5.26. The number of hydrogen-bond acceptors (Lipinski definition) is 2. The fourth-order valence-electron chi connectivity index (χ4n) is 1.82. The van der Waals surface area contributed by atoms with Gasteiger partial charge >= 0.3 is 18.3 Å². The maximum atomic E-state index is 13.0. The van der Waals surface area contributed by atoms with Crippen LogP contribution in [0, 0.1) is 5.41 Å². The number of esters is 1. The summed E-state index contributed by atoms with van der Waals surface area (Å²) in [6.45, 7) is 0. The summed E-state index contributed by atoms with van der Waals surface area (Å²) in [5.74, 6) is -2.38. The number of methoxy groups -OCH3 is 1. The lowest BCUT2D eigenvalue weighted by molar-refractivity contribution is -0.330. The summed E-state index contributed by atoms with van der Waals surface area (Å²) in [5.41, 5.74) is -4.18. The summed E-state index contributed by atoms with van der Waals surface area (Å²) in [4.78, 5) is 11.3. The minimum absolute atomic E-state index is 0.408. The van der Waals surface area contributed by atoms with Crippen LogP contribution in [0.15, 0.2) is 36.4 Å². The summed E-state index contributed by atoms with van der Waals surface area (Å²) in [6, 6.07) is 7.78. The van der Waals surface area contributed by atoms with E-state index in [0.717, 1.165) is 6.08 Å². The van der Waals surface area contributed by atoms with E-state index < -0.39 is 30.2 Å². The molecule has 2 nitrogen and oxygen atoms in total. The third kappa shape index (κ3) is 3.42. The quantitative estimate of drug-likeness (QED) is 0.606. The number of hydrogen-bond donors (Lipinski definition) is 0. The van der Waals surface area contributed by atoms with Crippen LogP contribution >= 0.6 is 0 Å². The number of carbonyl (C=O) groups is 1. The second-order valence-corrected chi connectivity index (χ2v) is 4.41. The van der Waals surface area contributed by atoms with Gasteiger partial charge in [0.2, 0.25) is 0 Å². The van der Waals surface area contributed by atoms with Gasteiger partial charge in [-0.15, -0.1) is 0 Å². The average Bonchev–Trinajstić information content (AvgIpc) is 2.41. The van der Waals surface area contributed by atoms with Crippen molar-refractivity contribution in [2.24, 2.45) is 5.41 Å². The highest BCUT2D eigenvalue weighted by Gasteiger charge is 2.75. The molecule has 0 aliphatic rings. The maximum Gasteiger partial charge on any atom is 0.414 e. The fraction of sp³-hybridized carbons (Fsp3) is 0.357. The number of benzene rings is 1. The molecular formula is C14H12F6O2. The monoisotopic (exact) mass is 326 g/mol. The molecule has 0 amide bonds. The Bertz CT molecular complexity index is 517. The number of halogens is 6. The first-order valence-corrected chi connectivity index (χ1v) is 5.99. The number of carbonyl (C=O) groups excluding carboxylic acids is 1. The normalized spacial score (nSPS) is 13.4. The van der Waals surface area contributed by atoms with Gasteiger partial charge in [0.1, 0.15) is 0 Å². The molecule has 122 valence electrons. The van der Waals surface area contributed by atoms with E-state index in [2.05, 4.69) is 4.74 Å². The van der Waals surface area contributed by atoms with Crippen LogP contribution in [-0.4, -0.2) is 25.4 Å². The zero-order valence-electron chi connectivity index (χ0n) is 11.3. The van der Waals surface area contributed by atoms with Gasteiger partial charge in [0, 0.05) is 0 Å². The number of allylic oxidation sites excluding steroid dienone is 1. The Hall–Kier alpha value is -1.99. The van der Waals surface area contributed by atoms with Gasteiger partial charge in [-0.3, -0.25) is 4.79 Å². The molecule has 0 fully saturated rings. The van der Waals surface area contributed by atoms with E-state index in [0.29, 0.717) is 18.7 Å². The molecule has 0 saturated heterocycles. The fourth-order valence-corrected chi connectivity index (χ4v) is 1.82. The number of ether oxygens (including phenoxy) is 1. The Morgan fingerprint density at radius 1 is 1.05 bits per heavy atom. The topological polar surface area (TPSA) is 26.3 Å². The smallest absolute Gasteiger partial charge is 0.414 e. The Morgan fingerprint density at radius 2 is 1.55 bits per heavy atom. The maximum absolute atomic E-state index is 13.0. The highest BCUT2D eigenvalue weighted by atomic mass is 19.4. The van der Waals surface area contributed by atoms with Crippen molar-refractivity contribution in [3.8, 4) is 0 Å². The van der Waals surface area contributed by atoms with Gasteiger partial charge in [0.25, 0.3) is 5.41 Å². The molecule has 0 spiro atoms. The first kappa shape index (κ1) is 18.1. The lowest BCUT2D eigenvalue weighted by Crippen LogP contribution is -2.55. The minimum atomic E-state index is -5.83. The molecule has 1 rings (SSSR count). The first-order valence-electron chi connectivity index (χ1n) is 5.99. The van der Waals surface area contributed by atoms with Crippen LogP contribution in [0.25, 0.3) is 6.08 Å². The van der Waals surface area contributed by atoms with Crippen LogP contribution in [-0.2, 0) is 9.53 Å². The van der Waals surface area contributed by atoms with Crippen LogP contribution < -0.4 is 0 Å². The summed E-state index contributed by atoms with van der Waals surface area (Å²) < 4.78 is 81.6. The Balaban J connectivity index is 3.21. The summed E-state index contributed by atoms with van der Waals surface area (Å²) in [7, 11) is 0.482. The molecule has 0 heterocycles. The van der Waals surface area contributed by atoms with E-state index in [1.54, 1.807) is 18.2 Å². The van der Waals surface area contributed by atoms with E-state index in [4.69, 9.17) is 0 Å². The Morgan fingerprint density at radius 3 is 1.95 bits per heavy atom. The summed E-state index contributed by atoms with van der Waals surface area (Å²) >= 11 is 0. The molecule has 8 heteroatoms.